The highest BCUT2D eigenvalue weighted by atomic mass is 15.2. The fraction of sp³-hybridized carbons (Fsp3) is 0.208. The van der Waals surface area contributed by atoms with Gasteiger partial charge in [0.2, 0.25) is 0 Å². The van der Waals surface area contributed by atoms with Crippen molar-refractivity contribution < 1.29 is 0 Å². The molecular weight excluding hydrogens is 372 g/mol. The number of hydrogen-bond donors (Lipinski definition) is 1. The van der Waals surface area contributed by atoms with E-state index in [0.717, 1.165) is 58.8 Å². The lowest BCUT2D eigenvalue weighted by atomic mass is 10.0. The van der Waals surface area contributed by atoms with E-state index >= 15 is 0 Å². The first-order chi connectivity index (χ1) is 14.8. The highest BCUT2D eigenvalue weighted by Crippen LogP contribution is 2.31. The predicted octanol–water partition coefficient (Wildman–Crippen LogP) is 4.71. The number of aromatic amines is 1. The zero-order valence-electron chi connectivity index (χ0n) is 17.2. The van der Waals surface area contributed by atoms with Crippen molar-refractivity contribution in [2.24, 2.45) is 0 Å². The van der Waals surface area contributed by atoms with E-state index in [9.17, 15) is 0 Å². The standard InChI is InChI=1S/C24H24N6/c1-3-29(4-2)23-24-27-21(14-17-8-6-5-7-9-17)22(30(24)13-12-25-23)18-10-11-20-19(15-18)16-26-28-20/h5-13,15-16H,3-4,14H2,1-2H3,(H,26,28). The lowest BCUT2D eigenvalue weighted by Gasteiger charge is -2.19. The molecule has 0 unspecified atom stereocenters. The van der Waals surface area contributed by atoms with Crippen molar-refractivity contribution in [3.63, 3.8) is 0 Å². The average Bonchev–Trinajstić information content (AvgIpc) is 3.39. The van der Waals surface area contributed by atoms with Gasteiger partial charge in [-0.3, -0.25) is 9.50 Å². The molecule has 5 aromatic rings. The number of nitrogens with one attached hydrogen (secondary N) is 1. The summed E-state index contributed by atoms with van der Waals surface area (Å²) in [7, 11) is 0. The Morgan fingerprint density at radius 3 is 2.67 bits per heavy atom. The molecule has 0 atom stereocenters. The highest BCUT2D eigenvalue weighted by Gasteiger charge is 2.19. The van der Waals surface area contributed by atoms with Gasteiger partial charge in [0, 0.05) is 42.9 Å². The molecular formula is C24H24N6. The van der Waals surface area contributed by atoms with Gasteiger partial charge in [-0.15, -0.1) is 0 Å². The molecule has 5 rings (SSSR count). The zero-order chi connectivity index (χ0) is 20.5. The maximum absolute atomic E-state index is 5.10. The topological polar surface area (TPSA) is 62.1 Å². The van der Waals surface area contributed by atoms with Gasteiger partial charge in [0.15, 0.2) is 11.5 Å². The largest absolute Gasteiger partial charge is 0.354 e. The van der Waals surface area contributed by atoms with Crippen molar-refractivity contribution in [2.75, 3.05) is 18.0 Å². The van der Waals surface area contributed by atoms with Gasteiger partial charge in [0.25, 0.3) is 0 Å². The molecule has 0 saturated heterocycles. The molecule has 3 aromatic heterocycles. The van der Waals surface area contributed by atoms with Crippen molar-refractivity contribution in [3.8, 4) is 11.3 Å². The van der Waals surface area contributed by atoms with E-state index in [-0.39, 0.29) is 0 Å². The molecule has 0 saturated carbocycles. The van der Waals surface area contributed by atoms with E-state index in [2.05, 4.69) is 80.8 Å². The van der Waals surface area contributed by atoms with Crippen LogP contribution in [0.25, 0.3) is 27.8 Å². The fourth-order valence-corrected chi connectivity index (χ4v) is 4.07. The Labute approximate surface area is 175 Å². The van der Waals surface area contributed by atoms with Crippen molar-refractivity contribution in [3.05, 3.63) is 78.4 Å². The Morgan fingerprint density at radius 1 is 1.03 bits per heavy atom. The molecule has 0 spiro atoms. The summed E-state index contributed by atoms with van der Waals surface area (Å²) in [6.07, 6.45) is 6.51. The van der Waals surface area contributed by atoms with Crippen LogP contribution in [0, 0.1) is 0 Å². The van der Waals surface area contributed by atoms with Crippen molar-refractivity contribution in [1.82, 2.24) is 24.6 Å². The van der Waals surface area contributed by atoms with Gasteiger partial charge in [-0.05, 0) is 31.5 Å². The van der Waals surface area contributed by atoms with Crippen LogP contribution in [0.4, 0.5) is 5.82 Å². The monoisotopic (exact) mass is 396 g/mol. The number of benzene rings is 2. The molecule has 6 heteroatoms. The molecule has 0 radical (unpaired) electrons. The molecule has 0 fully saturated rings. The summed E-state index contributed by atoms with van der Waals surface area (Å²) in [6, 6.07) is 16.9. The zero-order valence-corrected chi connectivity index (χ0v) is 17.2. The summed E-state index contributed by atoms with van der Waals surface area (Å²) in [6.45, 7) is 6.08. The molecule has 2 aromatic carbocycles. The van der Waals surface area contributed by atoms with Gasteiger partial charge in [-0.2, -0.15) is 5.10 Å². The molecule has 0 aliphatic heterocycles. The van der Waals surface area contributed by atoms with E-state index in [0.29, 0.717) is 0 Å². The third kappa shape index (κ3) is 3.10. The molecule has 3 heterocycles. The summed E-state index contributed by atoms with van der Waals surface area (Å²) in [5.74, 6) is 0.924. The third-order valence-corrected chi connectivity index (χ3v) is 5.59. The first-order valence-corrected chi connectivity index (χ1v) is 10.4. The Morgan fingerprint density at radius 2 is 1.87 bits per heavy atom. The second-order valence-corrected chi connectivity index (χ2v) is 7.36. The van der Waals surface area contributed by atoms with Crippen LogP contribution < -0.4 is 4.90 Å². The van der Waals surface area contributed by atoms with Gasteiger partial charge in [0.05, 0.1) is 23.1 Å². The quantitative estimate of drug-likeness (QED) is 0.451. The van der Waals surface area contributed by atoms with Gasteiger partial charge in [0.1, 0.15) is 0 Å². The van der Waals surface area contributed by atoms with E-state index in [1.54, 1.807) is 0 Å². The minimum absolute atomic E-state index is 0.763. The van der Waals surface area contributed by atoms with Crippen LogP contribution in [0.3, 0.4) is 0 Å². The Balaban J connectivity index is 1.75. The Hall–Kier alpha value is -3.67. The van der Waals surface area contributed by atoms with Crippen molar-refractivity contribution >= 4 is 22.4 Å². The molecule has 6 nitrogen and oxygen atoms in total. The minimum Gasteiger partial charge on any atom is -0.354 e. The first kappa shape index (κ1) is 18.4. The second-order valence-electron chi connectivity index (χ2n) is 7.36. The molecule has 1 N–H and O–H groups in total. The second kappa shape index (κ2) is 7.63. The van der Waals surface area contributed by atoms with Gasteiger partial charge < -0.3 is 4.90 Å². The number of H-pyrrole nitrogens is 1. The minimum atomic E-state index is 0.763. The lowest BCUT2D eigenvalue weighted by molar-refractivity contribution is 0.843. The Bertz CT molecular complexity index is 1300. The summed E-state index contributed by atoms with van der Waals surface area (Å²) < 4.78 is 2.18. The normalized spacial score (nSPS) is 11.4. The number of rotatable bonds is 6. The number of aromatic nitrogens is 5. The number of nitrogens with zero attached hydrogens (tertiary/aromatic N) is 5. The number of hydrogen-bond acceptors (Lipinski definition) is 4. The van der Waals surface area contributed by atoms with Gasteiger partial charge in [-0.25, -0.2) is 9.97 Å². The average molecular weight is 396 g/mol. The van der Waals surface area contributed by atoms with Crippen molar-refractivity contribution in [1.29, 1.82) is 0 Å². The van der Waals surface area contributed by atoms with E-state index in [4.69, 9.17) is 4.98 Å². The maximum atomic E-state index is 5.10. The maximum Gasteiger partial charge on any atom is 0.181 e. The van der Waals surface area contributed by atoms with E-state index < -0.39 is 0 Å². The van der Waals surface area contributed by atoms with Crippen LogP contribution in [-0.2, 0) is 6.42 Å². The van der Waals surface area contributed by atoms with Gasteiger partial charge >= 0.3 is 0 Å². The van der Waals surface area contributed by atoms with E-state index in [1.165, 1.54) is 5.56 Å². The van der Waals surface area contributed by atoms with Crippen LogP contribution in [0.5, 0.6) is 0 Å². The van der Waals surface area contributed by atoms with Crippen LogP contribution in [0.1, 0.15) is 25.1 Å². The van der Waals surface area contributed by atoms with E-state index in [1.807, 2.05) is 24.7 Å². The van der Waals surface area contributed by atoms with Gasteiger partial charge in [-0.1, -0.05) is 36.4 Å². The summed E-state index contributed by atoms with van der Waals surface area (Å²) in [5.41, 5.74) is 6.44. The van der Waals surface area contributed by atoms with Crippen molar-refractivity contribution in [2.45, 2.75) is 20.3 Å². The van der Waals surface area contributed by atoms with Crippen LogP contribution >= 0.6 is 0 Å². The number of fused-ring (bicyclic) bond motifs is 2. The molecule has 0 amide bonds. The smallest absolute Gasteiger partial charge is 0.181 e. The first-order valence-electron chi connectivity index (χ1n) is 10.4. The van der Waals surface area contributed by atoms with Crippen LogP contribution in [0.15, 0.2) is 67.1 Å². The SMILES string of the molecule is CCN(CC)c1nccn2c(-c3ccc4[nH]ncc4c3)c(Cc3ccccc3)nc12. The molecule has 0 bridgehead atoms. The van der Waals surface area contributed by atoms with Crippen LogP contribution in [0.2, 0.25) is 0 Å². The summed E-state index contributed by atoms with van der Waals surface area (Å²) in [5, 5.41) is 8.29. The summed E-state index contributed by atoms with van der Waals surface area (Å²) in [4.78, 5) is 12.0. The lowest BCUT2D eigenvalue weighted by Crippen LogP contribution is -2.23. The molecule has 0 aliphatic carbocycles. The fourth-order valence-electron chi connectivity index (χ4n) is 4.07. The molecule has 0 aliphatic rings. The Kier molecular flexibility index (Phi) is 4.67. The summed E-state index contributed by atoms with van der Waals surface area (Å²) >= 11 is 0. The predicted molar refractivity (Wildman–Crippen MR) is 121 cm³/mol. The number of imidazole rings is 1. The molecule has 30 heavy (non-hydrogen) atoms. The third-order valence-electron chi connectivity index (χ3n) is 5.59. The number of anilines is 1. The van der Waals surface area contributed by atoms with Crippen LogP contribution in [-0.4, -0.2) is 37.7 Å². The molecule has 150 valence electrons. The highest BCUT2D eigenvalue weighted by molar-refractivity contribution is 5.85.